The normalized spacial score (nSPS) is 21.5. The van der Waals surface area contributed by atoms with E-state index in [2.05, 4.69) is 0 Å². The van der Waals surface area contributed by atoms with E-state index in [0.29, 0.717) is 49.7 Å². The molecule has 2 aromatic carbocycles. The first-order chi connectivity index (χ1) is 20.6. The lowest BCUT2D eigenvalue weighted by atomic mass is 9.66. The first-order valence-electron chi connectivity index (χ1n) is 15.3. The highest BCUT2D eigenvalue weighted by molar-refractivity contribution is 6.05. The van der Waals surface area contributed by atoms with Gasteiger partial charge in [0.1, 0.15) is 5.75 Å². The highest BCUT2D eigenvalue weighted by atomic mass is 16.4. The number of aromatic hydroxyl groups is 1. The van der Waals surface area contributed by atoms with Crippen LogP contribution in [0.1, 0.15) is 69.9 Å². The number of rotatable bonds is 14. The molecule has 8 nitrogen and oxygen atoms in total. The van der Waals surface area contributed by atoms with E-state index < -0.39 is 29.8 Å². The second-order valence-corrected chi connectivity index (χ2v) is 11.9. The average Bonchev–Trinajstić information content (AvgIpc) is 3.23. The quantitative estimate of drug-likeness (QED) is 0.102. The minimum Gasteiger partial charge on any atom is -0.507 e. The summed E-state index contributed by atoms with van der Waals surface area (Å²) in [6.45, 7) is 3.89. The highest BCUT2D eigenvalue weighted by Crippen LogP contribution is 2.48. The van der Waals surface area contributed by atoms with E-state index in [4.69, 9.17) is 5.11 Å². The number of fused-ring (bicyclic) bond motifs is 1. The number of phenols is 1. The molecule has 230 valence electrons. The number of amides is 2. The van der Waals surface area contributed by atoms with Crippen molar-refractivity contribution in [3.8, 4) is 5.75 Å². The molecule has 4 rings (SSSR count). The molecule has 1 aliphatic heterocycles. The van der Waals surface area contributed by atoms with Crippen molar-refractivity contribution in [2.45, 2.75) is 64.9 Å². The van der Waals surface area contributed by atoms with Crippen molar-refractivity contribution in [1.82, 2.24) is 4.90 Å². The van der Waals surface area contributed by atoms with Gasteiger partial charge in [0.25, 0.3) is 0 Å². The number of imide groups is 1. The minimum atomic E-state index is -0.931. The Hall–Kier alpha value is -3.75. The fourth-order valence-corrected chi connectivity index (χ4v) is 6.65. The van der Waals surface area contributed by atoms with Gasteiger partial charge < -0.3 is 20.4 Å². The smallest absolute Gasteiger partial charge is 0.303 e. The number of likely N-dealkylation sites (tertiary alicyclic amines) is 1. The zero-order chi connectivity index (χ0) is 31.1. The predicted molar refractivity (Wildman–Crippen MR) is 165 cm³/mol. The number of unbranched alkanes of at least 4 members (excludes halogenated alkanes) is 2. The van der Waals surface area contributed by atoms with E-state index in [1.807, 2.05) is 62.4 Å². The van der Waals surface area contributed by atoms with Crippen LogP contribution in [0.4, 0.5) is 0 Å². The van der Waals surface area contributed by atoms with Crippen LogP contribution in [0.5, 0.6) is 5.75 Å². The molecule has 8 heteroatoms. The monoisotopic (exact) mass is 589 g/mol. The summed E-state index contributed by atoms with van der Waals surface area (Å²) in [5.41, 5.74) is 4.16. The number of carboxylic acids is 1. The first-order valence-corrected chi connectivity index (χ1v) is 15.3. The molecule has 0 spiro atoms. The SMILES string of the molecule is CC(C)C1=C([C@H](O)CC/C(=C/c2ccccc2O)c2ccccc2)[C@H](CO)[C@@H]2C(=O)N(CCCCCC(=O)O)C(=O)[C@@H]2C1. The van der Waals surface area contributed by atoms with Crippen molar-refractivity contribution >= 4 is 29.4 Å². The molecule has 1 aliphatic carbocycles. The van der Waals surface area contributed by atoms with Crippen molar-refractivity contribution in [1.29, 1.82) is 0 Å². The highest BCUT2D eigenvalue weighted by Gasteiger charge is 2.54. The number of nitrogens with zero attached hydrogens (tertiary/aromatic N) is 1. The van der Waals surface area contributed by atoms with Crippen molar-refractivity contribution in [2.75, 3.05) is 13.2 Å². The zero-order valence-corrected chi connectivity index (χ0v) is 25.0. The van der Waals surface area contributed by atoms with Gasteiger partial charge in [0.15, 0.2) is 0 Å². The Kier molecular flexibility index (Phi) is 10.9. The number of phenolic OH excluding ortho intramolecular Hbond substituents is 1. The molecule has 0 unspecified atom stereocenters. The average molecular weight is 590 g/mol. The zero-order valence-electron chi connectivity index (χ0n) is 25.0. The van der Waals surface area contributed by atoms with Crippen LogP contribution >= 0.6 is 0 Å². The van der Waals surface area contributed by atoms with Crippen molar-refractivity contribution in [3.63, 3.8) is 0 Å². The van der Waals surface area contributed by atoms with Crippen molar-refractivity contribution in [3.05, 3.63) is 76.9 Å². The lowest BCUT2D eigenvalue weighted by Gasteiger charge is -2.38. The maximum absolute atomic E-state index is 13.6. The van der Waals surface area contributed by atoms with Gasteiger partial charge in [0, 0.05) is 24.4 Å². The summed E-state index contributed by atoms with van der Waals surface area (Å²) >= 11 is 0. The number of aliphatic carboxylic acids is 1. The number of para-hydroxylation sites is 1. The number of hydrogen-bond donors (Lipinski definition) is 4. The number of aliphatic hydroxyl groups is 2. The van der Waals surface area contributed by atoms with Gasteiger partial charge in [-0.2, -0.15) is 0 Å². The number of hydrogen-bond acceptors (Lipinski definition) is 6. The van der Waals surface area contributed by atoms with E-state index in [1.54, 1.807) is 12.1 Å². The lowest BCUT2D eigenvalue weighted by molar-refractivity contribution is -0.141. The van der Waals surface area contributed by atoms with E-state index in [-0.39, 0.29) is 43.1 Å². The molecule has 2 aromatic rings. The number of carbonyl (C=O) groups is 3. The van der Waals surface area contributed by atoms with Gasteiger partial charge in [-0.25, -0.2) is 0 Å². The minimum absolute atomic E-state index is 0.0121. The van der Waals surface area contributed by atoms with Crippen LogP contribution in [0, 0.1) is 23.7 Å². The summed E-state index contributed by atoms with van der Waals surface area (Å²) in [5.74, 6) is -3.21. The number of carboxylic acid groups (broad SMARTS) is 1. The molecule has 1 heterocycles. The number of carbonyl (C=O) groups excluding carboxylic acids is 2. The summed E-state index contributed by atoms with van der Waals surface area (Å²) in [7, 11) is 0. The fraction of sp³-hybridized carbons (Fsp3) is 0.457. The summed E-state index contributed by atoms with van der Waals surface area (Å²) < 4.78 is 0. The lowest BCUT2D eigenvalue weighted by Crippen LogP contribution is -2.40. The molecule has 43 heavy (non-hydrogen) atoms. The van der Waals surface area contributed by atoms with Crippen LogP contribution in [0.25, 0.3) is 11.6 Å². The molecular weight excluding hydrogens is 546 g/mol. The van der Waals surface area contributed by atoms with Crippen LogP contribution in [0.15, 0.2) is 65.7 Å². The van der Waals surface area contributed by atoms with Crippen LogP contribution in [-0.2, 0) is 14.4 Å². The topological polar surface area (TPSA) is 135 Å². The van der Waals surface area contributed by atoms with E-state index in [0.717, 1.165) is 16.7 Å². The summed E-state index contributed by atoms with van der Waals surface area (Å²) in [6.07, 6.45) is 3.83. The van der Waals surface area contributed by atoms with Gasteiger partial charge in [0.2, 0.25) is 11.8 Å². The number of aliphatic hydroxyl groups excluding tert-OH is 2. The van der Waals surface area contributed by atoms with Gasteiger partial charge in [-0.05, 0) is 66.9 Å². The van der Waals surface area contributed by atoms with E-state index in [1.165, 1.54) is 4.90 Å². The fourth-order valence-electron chi connectivity index (χ4n) is 6.65. The van der Waals surface area contributed by atoms with Crippen LogP contribution in [-0.4, -0.2) is 62.4 Å². The Morgan fingerprint density at radius 3 is 2.33 bits per heavy atom. The molecule has 4 atom stereocenters. The second kappa shape index (κ2) is 14.6. The maximum atomic E-state index is 13.6. The first kappa shape index (κ1) is 32.2. The van der Waals surface area contributed by atoms with Gasteiger partial charge in [0.05, 0.1) is 24.5 Å². The standard InChI is InChI=1S/C35H43NO7/c1-22(2)26-20-27-33(35(43)36(34(27)42)18-10-4-7-15-31(40)41)28(21-37)32(26)30(39)17-16-24(23-11-5-3-6-12-23)19-25-13-8-9-14-29(25)38/h3,5-6,8-9,11-14,19,22,27-28,30,33,37-39H,4,7,10,15-18,20-21H2,1-2H3,(H,40,41)/b24-19-/t27-,28+,30-,33-/m1/s1. The van der Waals surface area contributed by atoms with Gasteiger partial charge in [-0.15, -0.1) is 0 Å². The largest absolute Gasteiger partial charge is 0.507 e. The van der Waals surface area contributed by atoms with Crippen molar-refractivity contribution < 1.29 is 34.8 Å². The van der Waals surface area contributed by atoms with E-state index >= 15 is 0 Å². The molecule has 4 N–H and O–H groups in total. The molecule has 0 saturated carbocycles. The molecule has 2 aliphatic rings. The second-order valence-electron chi connectivity index (χ2n) is 11.9. The summed E-state index contributed by atoms with van der Waals surface area (Å²) in [6, 6.07) is 16.9. The Balaban J connectivity index is 1.56. The molecule has 1 fully saturated rings. The molecular formula is C35H43NO7. The van der Waals surface area contributed by atoms with Gasteiger partial charge in [-0.3, -0.25) is 19.3 Å². The van der Waals surface area contributed by atoms with Crippen LogP contribution in [0.2, 0.25) is 0 Å². The Morgan fingerprint density at radius 1 is 0.977 bits per heavy atom. The summed E-state index contributed by atoms with van der Waals surface area (Å²) in [5, 5.41) is 41.6. The Bertz CT molecular complexity index is 1360. The van der Waals surface area contributed by atoms with Crippen molar-refractivity contribution in [2.24, 2.45) is 23.7 Å². The summed E-state index contributed by atoms with van der Waals surface area (Å²) in [4.78, 5) is 39.1. The predicted octanol–water partition coefficient (Wildman–Crippen LogP) is 5.28. The molecule has 0 bridgehead atoms. The number of allylic oxidation sites excluding steroid dienone is 2. The third-order valence-electron chi connectivity index (χ3n) is 8.83. The molecule has 2 amide bonds. The van der Waals surface area contributed by atoms with Crippen LogP contribution < -0.4 is 0 Å². The third kappa shape index (κ3) is 7.43. The Morgan fingerprint density at radius 2 is 1.67 bits per heavy atom. The van der Waals surface area contributed by atoms with Gasteiger partial charge in [-0.1, -0.05) is 74.4 Å². The molecule has 1 saturated heterocycles. The van der Waals surface area contributed by atoms with E-state index in [9.17, 15) is 29.7 Å². The van der Waals surface area contributed by atoms with Gasteiger partial charge >= 0.3 is 5.97 Å². The number of benzene rings is 2. The van der Waals surface area contributed by atoms with Crippen LogP contribution in [0.3, 0.4) is 0 Å². The maximum Gasteiger partial charge on any atom is 0.303 e. The Labute approximate surface area is 253 Å². The third-order valence-corrected chi connectivity index (χ3v) is 8.83. The molecule has 0 radical (unpaired) electrons. The molecule has 0 aromatic heterocycles.